The molecule has 0 radical (unpaired) electrons. The quantitative estimate of drug-likeness (QED) is 0.453. The second-order valence-corrected chi connectivity index (χ2v) is 19.2. The highest BCUT2D eigenvalue weighted by Gasteiger charge is 2.57. The van der Waals surface area contributed by atoms with Gasteiger partial charge in [0.25, 0.3) is 0 Å². The fraction of sp³-hybridized carbons (Fsp3) is 1.00. The van der Waals surface area contributed by atoms with Gasteiger partial charge in [-0.15, -0.1) is 0 Å². The zero-order valence-electron chi connectivity index (χ0n) is 20.4. The molecule has 0 heterocycles. The summed E-state index contributed by atoms with van der Waals surface area (Å²) >= 11 is 0. The van der Waals surface area contributed by atoms with Gasteiger partial charge in [0.2, 0.25) is 0 Å². The standard InChI is InChI=1S/C24H50OSi2/c1-21(2,3)19-15-11-13-17-23(19,26(7)8)25-24(27(9)10)18-14-12-16-20(24)22(4,5)6/h19-20,26-27H,11-18H2,1-10H3. The normalized spacial score (nSPS) is 36.4. The predicted molar refractivity (Wildman–Crippen MR) is 127 cm³/mol. The average Bonchev–Trinajstić information content (AvgIpc) is 2.53. The minimum Gasteiger partial charge on any atom is -0.376 e. The molecule has 0 amide bonds. The summed E-state index contributed by atoms with van der Waals surface area (Å²) in [5, 5.41) is 0.406. The van der Waals surface area contributed by atoms with Gasteiger partial charge in [0.1, 0.15) is 0 Å². The van der Waals surface area contributed by atoms with Crippen LogP contribution in [0.15, 0.2) is 0 Å². The van der Waals surface area contributed by atoms with E-state index in [-0.39, 0.29) is 10.4 Å². The van der Waals surface area contributed by atoms with Crippen molar-refractivity contribution in [3.63, 3.8) is 0 Å². The van der Waals surface area contributed by atoms with Crippen molar-refractivity contribution in [1.29, 1.82) is 0 Å². The first-order valence-electron chi connectivity index (χ1n) is 12.0. The fourth-order valence-corrected chi connectivity index (χ4v) is 12.4. The Hall–Kier alpha value is 0.394. The van der Waals surface area contributed by atoms with Gasteiger partial charge in [0.15, 0.2) is 0 Å². The van der Waals surface area contributed by atoms with Crippen molar-refractivity contribution in [3.8, 4) is 0 Å². The Morgan fingerprint density at radius 1 is 0.630 bits per heavy atom. The van der Waals surface area contributed by atoms with E-state index in [1.807, 2.05) is 0 Å². The molecule has 0 saturated heterocycles. The van der Waals surface area contributed by atoms with E-state index >= 15 is 0 Å². The zero-order valence-corrected chi connectivity index (χ0v) is 22.7. The van der Waals surface area contributed by atoms with Crippen molar-refractivity contribution in [3.05, 3.63) is 0 Å². The van der Waals surface area contributed by atoms with Crippen LogP contribution in [0.25, 0.3) is 0 Å². The molecule has 2 rings (SSSR count). The Labute approximate surface area is 174 Å². The van der Waals surface area contributed by atoms with E-state index in [0.29, 0.717) is 10.8 Å². The molecule has 3 heteroatoms. The van der Waals surface area contributed by atoms with E-state index in [9.17, 15) is 0 Å². The lowest BCUT2D eigenvalue weighted by Crippen LogP contribution is -2.67. The van der Waals surface area contributed by atoms with Crippen LogP contribution in [0.5, 0.6) is 0 Å². The molecule has 4 unspecified atom stereocenters. The second-order valence-electron chi connectivity index (χ2n) is 12.7. The fourth-order valence-electron chi connectivity index (χ4n) is 6.88. The molecule has 2 saturated carbocycles. The molecule has 0 bridgehead atoms. The van der Waals surface area contributed by atoms with Crippen LogP contribution in [0.3, 0.4) is 0 Å². The molecular weight excluding hydrogens is 360 g/mol. The van der Waals surface area contributed by atoms with E-state index in [1.54, 1.807) is 0 Å². The first-order valence-corrected chi connectivity index (χ1v) is 17.7. The molecule has 2 aliphatic carbocycles. The molecule has 0 aromatic rings. The maximum absolute atomic E-state index is 7.83. The SMILES string of the molecule is C[SiH](C)C1(OC2([SiH](C)C)CCCCC2C(C)(C)C)CCCCC1C(C)(C)C. The van der Waals surface area contributed by atoms with Crippen LogP contribution >= 0.6 is 0 Å². The summed E-state index contributed by atoms with van der Waals surface area (Å²) in [6, 6.07) is 0. The van der Waals surface area contributed by atoms with Crippen molar-refractivity contribution < 1.29 is 4.74 Å². The van der Waals surface area contributed by atoms with E-state index in [1.165, 1.54) is 51.4 Å². The zero-order chi connectivity index (χ0) is 20.7. The molecular formula is C24H50OSi2. The highest BCUT2D eigenvalue weighted by Crippen LogP contribution is 2.55. The largest absolute Gasteiger partial charge is 0.376 e. The molecule has 4 atom stereocenters. The lowest BCUT2D eigenvalue weighted by atomic mass is 9.68. The Balaban J connectivity index is 2.55. The van der Waals surface area contributed by atoms with Crippen molar-refractivity contribution in [2.45, 2.75) is 130 Å². The topological polar surface area (TPSA) is 9.23 Å². The second kappa shape index (κ2) is 8.26. The van der Waals surface area contributed by atoms with E-state index in [4.69, 9.17) is 4.74 Å². The van der Waals surface area contributed by atoms with Gasteiger partial charge in [-0.25, -0.2) is 0 Å². The van der Waals surface area contributed by atoms with Crippen LogP contribution in [0.1, 0.15) is 92.9 Å². The molecule has 2 fully saturated rings. The maximum Gasteiger partial charge on any atom is 0.0699 e. The van der Waals surface area contributed by atoms with Crippen LogP contribution in [-0.4, -0.2) is 28.0 Å². The molecule has 0 N–H and O–H groups in total. The predicted octanol–water partition coefficient (Wildman–Crippen LogP) is 7.01. The Morgan fingerprint density at radius 2 is 0.963 bits per heavy atom. The van der Waals surface area contributed by atoms with E-state index in [2.05, 4.69) is 67.7 Å². The first kappa shape index (κ1) is 23.7. The summed E-state index contributed by atoms with van der Waals surface area (Å²) in [6.07, 6.45) is 11.0. The summed E-state index contributed by atoms with van der Waals surface area (Å²) in [6.45, 7) is 25.3. The van der Waals surface area contributed by atoms with Gasteiger partial charge in [0.05, 0.1) is 28.0 Å². The molecule has 160 valence electrons. The third-order valence-electron chi connectivity index (χ3n) is 8.23. The van der Waals surface area contributed by atoms with E-state index in [0.717, 1.165) is 11.8 Å². The van der Waals surface area contributed by atoms with Crippen LogP contribution < -0.4 is 0 Å². The van der Waals surface area contributed by atoms with Crippen LogP contribution in [0.2, 0.25) is 26.2 Å². The number of hydrogen-bond donors (Lipinski definition) is 0. The van der Waals surface area contributed by atoms with Crippen molar-refractivity contribution >= 4 is 17.6 Å². The molecule has 1 nitrogen and oxygen atoms in total. The summed E-state index contributed by atoms with van der Waals surface area (Å²) < 4.78 is 7.83. The van der Waals surface area contributed by atoms with Gasteiger partial charge in [-0.05, 0) is 48.3 Å². The lowest BCUT2D eigenvalue weighted by Gasteiger charge is -2.61. The first-order chi connectivity index (χ1) is 12.3. The molecule has 2 aliphatic rings. The van der Waals surface area contributed by atoms with Gasteiger partial charge in [0, 0.05) is 0 Å². The van der Waals surface area contributed by atoms with Crippen LogP contribution in [0, 0.1) is 22.7 Å². The molecule has 0 aliphatic heterocycles. The van der Waals surface area contributed by atoms with Crippen molar-refractivity contribution in [2.75, 3.05) is 0 Å². The summed E-state index contributed by atoms with van der Waals surface area (Å²) in [7, 11) is -1.97. The summed E-state index contributed by atoms with van der Waals surface area (Å²) in [4.78, 5) is 0. The van der Waals surface area contributed by atoms with Gasteiger partial charge in [-0.3, -0.25) is 0 Å². The monoisotopic (exact) mass is 410 g/mol. The highest BCUT2D eigenvalue weighted by molar-refractivity contribution is 6.61. The van der Waals surface area contributed by atoms with Crippen LogP contribution in [0.4, 0.5) is 0 Å². The molecule has 27 heavy (non-hydrogen) atoms. The number of rotatable bonds is 4. The molecule has 0 aromatic heterocycles. The summed E-state index contributed by atoms with van der Waals surface area (Å²) in [5.41, 5.74) is 0.701. The smallest absolute Gasteiger partial charge is 0.0699 e. The maximum atomic E-state index is 7.83. The van der Waals surface area contributed by atoms with Crippen molar-refractivity contribution in [2.24, 2.45) is 22.7 Å². The Kier molecular flexibility index (Phi) is 7.24. The minimum atomic E-state index is -0.983. The van der Waals surface area contributed by atoms with Gasteiger partial charge >= 0.3 is 0 Å². The minimum absolute atomic E-state index is 0.203. The number of hydrogen-bond acceptors (Lipinski definition) is 1. The number of ether oxygens (including phenoxy) is 1. The third-order valence-corrected chi connectivity index (χ3v) is 13.8. The Morgan fingerprint density at radius 3 is 1.22 bits per heavy atom. The lowest BCUT2D eigenvalue weighted by molar-refractivity contribution is -0.184. The van der Waals surface area contributed by atoms with Gasteiger partial charge < -0.3 is 4.74 Å². The third kappa shape index (κ3) is 4.61. The average molecular weight is 411 g/mol. The molecule has 0 spiro atoms. The van der Waals surface area contributed by atoms with Gasteiger partial charge in [-0.2, -0.15) is 0 Å². The highest BCUT2D eigenvalue weighted by atomic mass is 28.3. The van der Waals surface area contributed by atoms with Crippen molar-refractivity contribution in [1.82, 2.24) is 0 Å². The Bertz CT molecular complexity index is 444. The molecule has 0 aromatic carbocycles. The summed E-state index contributed by atoms with van der Waals surface area (Å²) in [5.74, 6) is 1.47. The van der Waals surface area contributed by atoms with Gasteiger partial charge in [-0.1, -0.05) is 93.4 Å². The van der Waals surface area contributed by atoms with Crippen LogP contribution in [-0.2, 0) is 4.74 Å². The van der Waals surface area contributed by atoms with E-state index < -0.39 is 17.6 Å².